The first-order valence-corrected chi connectivity index (χ1v) is 15.2. The van der Waals surface area contributed by atoms with Crippen molar-refractivity contribution in [2.75, 3.05) is 77.6 Å². The second kappa shape index (κ2) is 12.2. The molecule has 0 amide bonds. The van der Waals surface area contributed by atoms with Crippen molar-refractivity contribution < 1.29 is 35.1 Å². The second-order valence-corrected chi connectivity index (χ2v) is 12.6. The molecule has 2 aromatic rings. The van der Waals surface area contributed by atoms with Gasteiger partial charge in [-0.05, 0) is 43.3 Å². The van der Waals surface area contributed by atoms with Crippen LogP contribution in [0, 0.1) is 11.6 Å². The van der Waals surface area contributed by atoms with Gasteiger partial charge in [-0.15, -0.1) is 0 Å². The van der Waals surface area contributed by atoms with Crippen molar-refractivity contribution in [2.24, 2.45) is 0 Å². The average molecular weight is 575 g/mol. The third-order valence-electron chi connectivity index (χ3n) is 6.60. The fourth-order valence-corrected chi connectivity index (χ4v) is 7.15. The van der Waals surface area contributed by atoms with Gasteiger partial charge in [0.25, 0.3) is 0 Å². The highest BCUT2D eigenvalue weighted by molar-refractivity contribution is 7.89. The quantitative estimate of drug-likeness (QED) is 0.426. The fraction of sp³-hybridized carbons (Fsp3) is 0.500. The lowest BCUT2D eigenvalue weighted by Crippen LogP contribution is -2.49. The zero-order chi connectivity index (χ0) is 27.3. The van der Waals surface area contributed by atoms with Crippen LogP contribution in [-0.2, 0) is 24.8 Å². The average Bonchev–Trinajstić information content (AvgIpc) is 2.91. The van der Waals surface area contributed by atoms with Gasteiger partial charge in [-0.3, -0.25) is 4.90 Å². The molecule has 0 bridgehead atoms. The Bertz CT molecular complexity index is 1310. The number of piperazine rings is 1. The predicted octanol–water partition coefficient (Wildman–Crippen LogP) is 1.48. The third kappa shape index (κ3) is 6.43. The maximum Gasteiger partial charge on any atom is 0.249 e. The van der Waals surface area contributed by atoms with Crippen molar-refractivity contribution >= 4 is 25.7 Å². The summed E-state index contributed by atoms with van der Waals surface area (Å²) in [5.41, 5.74) is 0.484. The van der Waals surface area contributed by atoms with E-state index in [4.69, 9.17) is 9.47 Å². The van der Waals surface area contributed by atoms with E-state index in [1.807, 2.05) is 0 Å². The number of halogens is 2. The lowest BCUT2D eigenvalue weighted by Gasteiger charge is -2.36. The molecule has 2 aliphatic rings. The molecule has 2 aliphatic heterocycles. The van der Waals surface area contributed by atoms with Crippen LogP contribution >= 0.6 is 0 Å². The molecule has 0 aromatic heterocycles. The highest BCUT2D eigenvalue weighted by Crippen LogP contribution is 2.33. The minimum atomic E-state index is -4.39. The van der Waals surface area contributed by atoms with Crippen LogP contribution in [0.1, 0.15) is 6.42 Å². The Balaban J connectivity index is 1.42. The van der Waals surface area contributed by atoms with Crippen LogP contribution in [0.2, 0.25) is 0 Å². The Labute approximate surface area is 222 Å². The molecule has 0 spiro atoms. The first-order chi connectivity index (χ1) is 18.1. The molecule has 4 rings (SSSR count). The Morgan fingerprint density at radius 3 is 2.24 bits per heavy atom. The van der Waals surface area contributed by atoms with Gasteiger partial charge in [0.15, 0.2) is 4.90 Å². The van der Waals surface area contributed by atoms with E-state index in [-0.39, 0.29) is 37.6 Å². The molecular weight excluding hydrogens is 542 g/mol. The summed E-state index contributed by atoms with van der Waals surface area (Å²) in [5.74, 6) is -1.87. The van der Waals surface area contributed by atoms with Gasteiger partial charge in [-0.1, -0.05) is 6.07 Å². The van der Waals surface area contributed by atoms with Crippen LogP contribution in [0.5, 0.6) is 5.75 Å². The molecule has 210 valence electrons. The molecular formula is C24H32F2N4O6S2. The SMILES string of the molecule is COc1ccc(S(=O)(=O)NCCCN2CCOCC2)cc1N1CCN(S(=O)(=O)c2c(F)cccc2F)CC1. The molecule has 1 N–H and O–H groups in total. The van der Waals surface area contributed by atoms with Crippen molar-refractivity contribution in [1.82, 2.24) is 13.9 Å². The largest absolute Gasteiger partial charge is 0.495 e. The number of ether oxygens (including phenoxy) is 2. The van der Waals surface area contributed by atoms with Crippen LogP contribution in [0.3, 0.4) is 0 Å². The zero-order valence-corrected chi connectivity index (χ0v) is 22.7. The fourth-order valence-electron chi connectivity index (χ4n) is 4.53. The van der Waals surface area contributed by atoms with Crippen molar-refractivity contribution in [2.45, 2.75) is 16.2 Å². The van der Waals surface area contributed by atoms with Gasteiger partial charge in [0.1, 0.15) is 17.4 Å². The smallest absolute Gasteiger partial charge is 0.249 e. The number of nitrogens with one attached hydrogen (secondary N) is 1. The van der Waals surface area contributed by atoms with Gasteiger partial charge >= 0.3 is 0 Å². The van der Waals surface area contributed by atoms with E-state index >= 15 is 0 Å². The molecule has 38 heavy (non-hydrogen) atoms. The lowest BCUT2D eigenvalue weighted by atomic mass is 10.2. The highest BCUT2D eigenvalue weighted by atomic mass is 32.2. The van der Waals surface area contributed by atoms with Crippen LogP contribution in [-0.4, -0.2) is 98.7 Å². The Hall–Kier alpha value is -2.36. The maximum absolute atomic E-state index is 14.2. The Morgan fingerprint density at radius 2 is 1.61 bits per heavy atom. The van der Waals surface area contributed by atoms with Crippen molar-refractivity contribution in [1.29, 1.82) is 0 Å². The summed E-state index contributed by atoms with van der Waals surface area (Å²) in [6, 6.07) is 7.40. The van der Waals surface area contributed by atoms with E-state index in [0.717, 1.165) is 42.1 Å². The van der Waals surface area contributed by atoms with Gasteiger partial charge in [0.2, 0.25) is 20.0 Å². The predicted molar refractivity (Wildman–Crippen MR) is 137 cm³/mol. The van der Waals surface area contributed by atoms with E-state index in [2.05, 4.69) is 9.62 Å². The minimum Gasteiger partial charge on any atom is -0.495 e. The molecule has 0 saturated carbocycles. The standard InChI is InChI=1S/C24H32F2N4O6S2/c1-35-23-7-6-19(37(31,32)27-8-3-9-28-14-16-36-17-15-28)18-22(23)29-10-12-30(13-11-29)38(33,34)24-20(25)4-2-5-21(24)26/h2,4-7,18,27H,3,8-17H2,1H3. The summed E-state index contributed by atoms with van der Waals surface area (Å²) in [4.78, 5) is 3.10. The summed E-state index contributed by atoms with van der Waals surface area (Å²) < 4.78 is 94.5. The summed E-state index contributed by atoms with van der Waals surface area (Å²) in [6.07, 6.45) is 0.654. The van der Waals surface area contributed by atoms with Crippen LogP contribution in [0.4, 0.5) is 14.5 Å². The molecule has 0 radical (unpaired) electrons. The summed E-state index contributed by atoms with van der Waals surface area (Å²) in [5, 5.41) is 0. The molecule has 10 nitrogen and oxygen atoms in total. The number of nitrogens with zero attached hydrogens (tertiary/aromatic N) is 3. The van der Waals surface area contributed by atoms with Crippen LogP contribution in [0.25, 0.3) is 0 Å². The van der Waals surface area contributed by atoms with E-state index in [9.17, 15) is 25.6 Å². The number of rotatable bonds is 10. The Kier molecular flexibility index (Phi) is 9.21. The van der Waals surface area contributed by atoms with E-state index in [1.165, 1.54) is 19.2 Å². The van der Waals surface area contributed by atoms with Crippen molar-refractivity contribution in [3.63, 3.8) is 0 Å². The number of anilines is 1. The third-order valence-corrected chi connectivity index (χ3v) is 10.0. The number of methoxy groups -OCH3 is 1. The van der Waals surface area contributed by atoms with Crippen molar-refractivity contribution in [3.05, 3.63) is 48.0 Å². The molecule has 0 aliphatic carbocycles. The van der Waals surface area contributed by atoms with E-state index < -0.39 is 36.6 Å². The molecule has 0 unspecified atom stereocenters. The molecule has 14 heteroatoms. The van der Waals surface area contributed by atoms with Gasteiger partial charge in [0.05, 0.1) is 30.9 Å². The van der Waals surface area contributed by atoms with Gasteiger partial charge < -0.3 is 14.4 Å². The molecule has 0 atom stereocenters. The monoisotopic (exact) mass is 574 g/mol. The lowest BCUT2D eigenvalue weighted by molar-refractivity contribution is 0.0376. The second-order valence-electron chi connectivity index (χ2n) is 8.98. The number of benzene rings is 2. The first-order valence-electron chi connectivity index (χ1n) is 12.3. The minimum absolute atomic E-state index is 0.0456. The van der Waals surface area contributed by atoms with Gasteiger partial charge in [0, 0.05) is 45.8 Å². The number of sulfonamides is 2. The molecule has 2 saturated heterocycles. The summed E-state index contributed by atoms with van der Waals surface area (Å²) in [7, 11) is -6.73. The van der Waals surface area contributed by atoms with E-state index in [0.29, 0.717) is 31.1 Å². The van der Waals surface area contributed by atoms with Crippen LogP contribution in [0.15, 0.2) is 46.2 Å². The summed E-state index contributed by atoms with van der Waals surface area (Å²) >= 11 is 0. The first kappa shape index (κ1) is 28.6. The van der Waals surface area contributed by atoms with Gasteiger partial charge in [-0.25, -0.2) is 30.3 Å². The molecule has 2 aromatic carbocycles. The number of hydrogen-bond acceptors (Lipinski definition) is 8. The highest BCUT2D eigenvalue weighted by Gasteiger charge is 2.34. The zero-order valence-electron chi connectivity index (χ0n) is 21.1. The number of morpholine rings is 1. The summed E-state index contributed by atoms with van der Waals surface area (Å²) in [6.45, 7) is 4.32. The number of hydrogen-bond donors (Lipinski definition) is 1. The van der Waals surface area contributed by atoms with Gasteiger partial charge in [-0.2, -0.15) is 4.31 Å². The van der Waals surface area contributed by atoms with Crippen LogP contribution < -0.4 is 14.4 Å². The molecule has 2 fully saturated rings. The van der Waals surface area contributed by atoms with Crippen molar-refractivity contribution in [3.8, 4) is 5.75 Å². The van der Waals surface area contributed by atoms with E-state index in [1.54, 1.807) is 11.0 Å². The Morgan fingerprint density at radius 1 is 0.947 bits per heavy atom. The topological polar surface area (TPSA) is 108 Å². The maximum atomic E-state index is 14.2. The normalized spacial score (nSPS) is 18.0. The molecule has 2 heterocycles.